The smallest absolute Gasteiger partial charge is 0.255 e. The number of amides is 1. The molecule has 0 spiro atoms. The van der Waals surface area contributed by atoms with Gasteiger partial charge in [0, 0.05) is 29.0 Å². The third-order valence-corrected chi connectivity index (χ3v) is 5.01. The van der Waals surface area contributed by atoms with Crippen LogP contribution in [0.15, 0.2) is 16.7 Å². The topological polar surface area (TPSA) is 54.0 Å². The fraction of sp³-hybridized carbons (Fsp3) is 0.538. The molecule has 0 bridgehead atoms. The fourth-order valence-corrected chi connectivity index (χ4v) is 3.70. The molecule has 0 radical (unpaired) electrons. The summed E-state index contributed by atoms with van der Waals surface area (Å²) < 4.78 is 0.810. The van der Waals surface area contributed by atoms with Gasteiger partial charge in [-0.3, -0.25) is 4.79 Å². The maximum Gasteiger partial charge on any atom is 0.255 e. The summed E-state index contributed by atoms with van der Waals surface area (Å²) in [5.74, 6) is 0.559. The lowest BCUT2D eigenvalue weighted by Crippen LogP contribution is -2.38. The summed E-state index contributed by atoms with van der Waals surface area (Å²) in [6, 6.07) is 2.07. The zero-order valence-corrected chi connectivity index (χ0v) is 13.5. The second kappa shape index (κ2) is 6.61. The predicted molar refractivity (Wildman–Crippen MR) is 83.9 cm³/mol. The summed E-state index contributed by atoms with van der Waals surface area (Å²) in [6.07, 6.45) is 7.22. The Morgan fingerprint density at radius 2 is 2.32 bits per heavy atom. The highest BCUT2D eigenvalue weighted by atomic mass is 79.9. The first kappa shape index (κ1) is 14.7. The Morgan fingerprint density at radius 3 is 3.00 bits per heavy atom. The van der Waals surface area contributed by atoms with Gasteiger partial charge < -0.3 is 10.6 Å². The Bertz CT molecular complexity index is 469. The normalized spacial score (nSPS) is 22.3. The summed E-state index contributed by atoms with van der Waals surface area (Å²) in [5, 5.41) is 6.62. The largest absolute Gasteiger partial charge is 0.372 e. The van der Waals surface area contributed by atoms with Crippen LogP contribution < -0.4 is 10.6 Å². The van der Waals surface area contributed by atoms with Crippen LogP contribution in [0, 0.1) is 0 Å². The first-order valence-corrected chi connectivity index (χ1v) is 8.40. The van der Waals surface area contributed by atoms with Crippen molar-refractivity contribution in [3.8, 4) is 0 Å². The summed E-state index contributed by atoms with van der Waals surface area (Å²) in [4.78, 5) is 16.6. The van der Waals surface area contributed by atoms with E-state index >= 15 is 0 Å². The lowest BCUT2D eigenvalue weighted by Gasteiger charge is -2.19. The number of carbonyl (C=O) groups is 1. The molecule has 2 atom stereocenters. The molecule has 1 amide bonds. The molecule has 104 valence electrons. The van der Waals surface area contributed by atoms with Crippen LogP contribution in [0.1, 0.15) is 29.6 Å². The first-order chi connectivity index (χ1) is 9.15. The van der Waals surface area contributed by atoms with Crippen molar-refractivity contribution in [2.24, 2.45) is 0 Å². The lowest BCUT2D eigenvalue weighted by molar-refractivity contribution is 0.0939. The summed E-state index contributed by atoms with van der Waals surface area (Å²) >= 11 is 5.19. The minimum Gasteiger partial charge on any atom is -0.372 e. The summed E-state index contributed by atoms with van der Waals surface area (Å²) in [7, 11) is 1.77. The van der Waals surface area contributed by atoms with Gasteiger partial charge in [-0.1, -0.05) is 6.42 Å². The molecule has 1 aromatic heterocycles. The van der Waals surface area contributed by atoms with Crippen molar-refractivity contribution in [2.75, 3.05) is 18.6 Å². The van der Waals surface area contributed by atoms with Gasteiger partial charge >= 0.3 is 0 Å². The van der Waals surface area contributed by atoms with Crippen LogP contribution in [-0.2, 0) is 0 Å². The number of pyridine rings is 1. The van der Waals surface area contributed by atoms with E-state index in [1.165, 1.54) is 12.8 Å². The van der Waals surface area contributed by atoms with Crippen molar-refractivity contribution in [1.82, 2.24) is 10.3 Å². The van der Waals surface area contributed by atoms with Gasteiger partial charge in [0.25, 0.3) is 5.91 Å². The number of hydrogen-bond acceptors (Lipinski definition) is 4. The molecule has 1 aliphatic carbocycles. The van der Waals surface area contributed by atoms with Crippen molar-refractivity contribution in [2.45, 2.75) is 30.6 Å². The average Bonchev–Trinajstić information content (AvgIpc) is 2.85. The van der Waals surface area contributed by atoms with E-state index in [1.54, 1.807) is 19.3 Å². The van der Waals surface area contributed by atoms with Crippen LogP contribution in [0.4, 0.5) is 5.82 Å². The quantitative estimate of drug-likeness (QED) is 0.882. The Hall–Kier alpha value is -0.750. The van der Waals surface area contributed by atoms with Crippen LogP contribution in [0.2, 0.25) is 0 Å². The van der Waals surface area contributed by atoms with E-state index in [4.69, 9.17) is 0 Å². The highest BCUT2D eigenvalue weighted by Crippen LogP contribution is 2.29. The molecule has 1 fully saturated rings. The fourth-order valence-electron chi connectivity index (χ4n) is 2.43. The Morgan fingerprint density at radius 1 is 1.53 bits per heavy atom. The molecule has 1 aromatic rings. The van der Waals surface area contributed by atoms with Crippen molar-refractivity contribution >= 4 is 39.4 Å². The van der Waals surface area contributed by atoms with Crippen LogP contribution >= 0.6 is 27.7 Å². The number of rotatable bonds is 4. The Kier molecular flexibility index (Phi) is 5.10. The van der Waals surface area contributed by atoms with Gasteiger partial charge in [-0.25, -0.2) is 4.98 Å². The SMILES string of the molecule is CNc1ncc(Br)cc1C(=O)NC1CCCC1SC. The van der Waals surface area contributed by atoms with E-state index in [2.05, 4.69) is 37.8 Å². The molecule has 4 nitrogen and oxygen atoms in total. The molecule has 6 heteroatoms. The van der Waals surface area contributed by atoms with E-state index in [-0.39, 0.29) is 11.9 Å². The Balaban J connectivity index is 2.13. The highest BCUT2D eigenvalue weighted by Gasteiger charge is 2.28. The maximum atomic E-state index is 12.4. The monoisotopic (exact) mass is 343 g/mol. The number of nitrogens with zero attached hydrogens (tertiary/aromatic N) is 1. The minimum absolute atomic E-state index is 0.0518. The Labute approximate surface area is 126 Å². The number of hydrogen-bond donors (Lipinski definition) is 2. The van der Waals surface area contributed by atoms with Gasteiger partial charge in [-0.2, -0.15) is 11.8 Å². The summed E-state index contributed by atoms with van der Waals surface area (Å²) in [6.45, 7) is 0. The highest BCUT2D eigenvalue weighted by molar-refractivity contribution is 9.10. The maximum absolute atomic E-state index is 12.4. The second-order valence-corrected chi connectivity index (χ2v) is 6.58. The molecule has 2 N–H and O–H groups in total. The number of carbonyl (C=O) groups excluding carboxylic acids is 1. The molecular weight excluding hydrogens is 326 g/mol. The predicted octanol–water partition coefficient (Wildman–Crippen LogP) is 2.90. The van der Waals surface area contributed by atoms with Crippen molar-refractivity contribution in [3.05, 3.63) is 22.3 Å². The summed E-state index contributed by atoms with van der Waals surface area (Å²) in [5.41, 5.74) is 0.587. The van der Waals surface area contributed by atoms with E-state index in [0.717, 1.165) is 10.9 Å². The number of aromatic nitrogens is 1. The van der Waals surface area contributed by atoms with E-state index in [1.807, 2.05) is 11.8 Å². The van der Waals surface area contributed by atoms with E-state index in [0.29, 0.717) is 16.6 Å². The third-order valence-electron chi connectivity index (χ3n) is 3.41. The number of thioether (sulfide) groups is 1. The van der Waals surface area contributed by atoms with Crippen LogP contribution in [0.5, 0.6) is 0 Å². The molecule has 19 heavy (non-hydrogen) atoms. The molecule has 2 unspecified atom stereocenters. The molecule has 0 saturated heterocycles. The van der Waals surface area contributed by atoms with Gasteiger partial charge in [-0.05, 0) is 41.1 Å². The number of halogens is 1. The first-order valence-electron chi connectivity index (χ1n) is 6.32. The van der Waals surface area contributed by atoms with E-state index in [9.17, 15) is 4.79 Å². The zero-order valence-electron chi connectivity index (χ0n) is 11.1. The van der Waals surface area contributed by atoms with Gasteiger partial charge in [-0.15, -0.1) is 0 Å². The molecule has 0 aliphatic heterocycles. The van der Waals surface area contributed by atoms with Crippen LogP contribution in [-0.4, -0.2) is 35.5 Å². The van der Waals surface area contributed by atoms with Crippen LogP contribution in [0.25, 0.3) is 0 Å². The zero-order chi connectivity index (χ0) is 13.8. The molecule has 1 aliphatic rings. The molecule has 2 rings (SSSR count). The van der Waals surface area contributed by atoms with Crippen molar-refractivity contribution in [1.29, 1.82) is 0 Å². The van der Waals surface area contributed by atoms with Crippen molar-refractivity contribution < 1.29 is 4.79 Å². The molecule has 1 saturated carbocycles. The van der Waals surface area contributed by atoms with Crippen LogP contribution in [0.3, 0.4) is 0 Å². The van der Waals surface area contributed by atoms with Gasteiger partial charge in [0.1, 0.15) is 5.82 Å². The average molecular weight is 344 g/mol. The standard InChI is InChI=1S/C13H18BrN3OS/c1-15-12-9(6-8(14)7-16-12)13(18)17-10-4-3-5-11(10)19-2/h6-7,10-11H,3-5H2,1-2H3,(H,15,16)(H,17,18). The van der Waals surface area contributed by atoms with Gasteiger partial charge in [0.2, 0.25) is 0 Å². The lowest BCUT2D eigenvalue weighted by atomic mass is 10.2. The van der Waals surface area contributed by atoms with E-state index < -0.39 is 0 Å². The molecular formula is C13H18BrN3OS. The van der Waals surface area contributed by atoms with Gasteiger partial charge in [0.15, 0.2) is 0 Å². The number of anilines is 1. The molecule has 1 heterocycles. The third kappa shape index (κ3) is 3.42. The molecule has 0 aromatic carbocycles. The second-order valence-electron chi connectivity index (χ2n) is 4.58. The van der Waals surface area contributed by atoms with Crippen molar-refractivity contribution in [3.63, 3.8) is 0 Å². The number of nitrogens with one attached hydrogen (secondary N) is 2. The van der Waals surface area contributed by atoms with Gasteiger partial charge in [0.05, 0.1) is 5.56 Å². The minimum atomic E-state index is -0.0518.